The molecule has 7 rings (SSSR count). The van der Waals surface area contributed by atoms with Gasteiger partial charge in [0.1, 0.15) is 0 Å². The maximum atomic E-state index is 2.42. The van der Waals surface area contributed by atoms with E-state index >= 15 is 0 Å². The van der Waals surface area contributed by atoms with Crippen LogP contribution < -0.4 is 21.8 Å². The summed E-state index contributed by atoms with van der Waals surface area (Å²) in [5.41, 5.74) is 5.61. The summed E-state index contributed by atoms with van der Waals surface area (Å²) in [4.78, 5) is 0. The van der Waals surface area contributed by atoms with Crippen LogP contribution in [-0.2, 0) is 0 Å². The van der Waals surface area contributed by atoms with Crippen molar-refractivity contribution in [1.29, 1.82) is 0 Å². The minimum absolute atomic E-state index is 1.40. The zero-order valence-corrected chi connectivity index (χ0v) is 18.9. The first-order valence-corrected chi connectivity index (χ1v) is 15.5. The molecule has 146 valence electrons. The molecule has 0 fully saturated rings. The molecular formula is C30H21As. The van der Waals surface area contributed by atoms with Gasteiger partial charge in [-0.15, -0.1) is 0 Å². The molecule has 0 nitrogen and oxygen atoms in total. The third-order valence-corrected chi connectivity index (χ3v) is 21.5. The van der Waals surface area contributed by atoms with Crippen molar-refractivity contribution in [2.75, 3.05) is 0 Å². The van der Waals surface area contributed by atoms with E-state index in [1.165, 1.54) is 44.0 Å². The van der Waals surface area contributed by atoms with Crippen LogP contribution in [-0.4, -0.2) is 12.5 Å². The summed E-state index contributed by atoms with van der Waals surface area (Å²) in [5.74, 6) is 0. The number of hydrogen-bond acceptors (Lipinski definition) is 0. The summed E-state index contributed by atoms with van der Waals surface area (Å²) in [6.45, 7) is 0. The van der Waals surface area contributed by atoms with Crippen LogP contribution in [0.5, 0.6) is 0 Å². The number of fused-ring (bicyclic) bond motifs is 10. The fourth-order valence-corrected chi connectivity index (χ4v) is 22.5. The van der Waals surface area contributed by atoms with Crippen molar-refractivity contribution < 1.29 is 0 Å². The third kappa shape index (κ3) is 1.73. The second-order valence-electron chi connectivity index (χ2n) is 8.52. The Morgan fingerprint density at radius 1 is 0.290 bits per heavy atom. The summed E-state index contributed by atoms with van der Waals surface area (Å²) in [5, 5.41) is 0. The molecule has 0 aliphatic carbocycles. The van der Waals surface area contributed by atoms with Crippen molar-refractivity contribution in [2.24, 2.45) is 0 Å². The zero-order chi connectivity index (χ0) is 20.5. The van der Waals surface area contributed by atoms with Crippen LogP contribution in [0, 0.1) is 0 Å². The van der Waals surface area contributed by atoms with Gasteiger partial charge in [-0.05, 0) is 0 Å². The Balaban J connectivity index is 1.88. The van der Waals surface area contributed by atoms with E-state index in [4.69, 9.17) is 0 Å². The van der Waals surface area contributed by atoms with Gasteiger partial charge in [-0.1, -0.05) is 0 Å². The van der Waals surface area contributed by atoms with Crippen LogP contribution in [0.1, 0.15) is 0 Å². The molecule has 2 aliphatic heterocycles. The molecule has 1 spiro atoms. The summed E-state index contributed by atoms with van der Waals surface area (Å²) < 4.78 is 7.61. The van der Waals surface area contributed by atoms with Crippen LogP contribution in [0.4, 0.5) is 0 Å². The number of rotatable bonds is 1. The van der Waals surface area contributed by atoms with E-state index in [0.717, 1.165) is 0 Å². The van der Waals surface area contributed by atoms with Crippen molar-refractivity contribution in [2.45, 2.75) is 0 Å². The molecule has 0 saturated carbocycles. The summed E-state index contributed by atoms with van der Waals surface area (Å²) >= 11 is -3.92. The molecular weight excluding hydrogens is 435 g/mol. The molecule has 5 aromatic carbocycles. The molecule has 0 bridgehead atoms. The van der Waals surface area contributed by atoms with Crippen LogP contribution in [0.3, 0.4) is 0 Å². The second kappa shape index (κ2) is 5.87. The van der Waals surface area contributed by atoms with Gasteiger partial charge in [-0.3, -0.25) is 0 Å². The maximum absolute atomic E-state index is 3.92. The van der Waals surface area contributed by atoms with Gasteiger partial charge in [0.15, 0.2) is 0 Å². The van der Waals surface area contributed by atoms with Crippen molar-refractivity contribution in [3.63, 3.8) is 0 Å². The first-order valence-electron chi connectivity index (χ1n) is 10.8. The molecule has 2 heterocycles. The second-order valence-corrected chi connectivity index (χ2v) is 18.3. The average Bonchev–Trinajstić information content (AvgIpc) is 3.29. The molecule has 0 saturated heterocycles. The normalized spacial score (nSPS) is 17.1. The summed E-state index contributed by atoms with van der Waals surface area (Å²) in [6, 6.07) is 48.1. The summed E-state index contributed by atoms with van der Waals surface area (Å²) in [6.07, 6.45) is 0. The quantitative estimate of drug-likeness (QED) is 0.329. The first kappa shape index (κ1) is 17.4. The molecule has 0 radical (unpaired) electrons. The van der Waals surface area contributed by atoms with Crippen molar-refractivity contribution in [1.82, 2.24) is 0 Å². The van der Waals surface area contributed by atoms with Crippen molar-refractivity contribution in [3.05, 3.63) is 127 Å². The Morgan fingerprint density at radius 2 is 0.581 bits per heavy atom. The Kier molecular flexibility index (Phi) is 3.29. The Hall–Kier alpha value is -3.34. The van der Waals surface area contributed by atoms with Crippen LogP contribution in [0.15, 0.2) is 127 Å². The molecule has 0 N–H and O–H groups in total. The fraction of sp³-hybridized carbons (Fsp3) is 0. The number of hydrogen-bond donors (Lipinski definition) is 0. The molecule has 0 amide bonds. The molecule has 1 heteroatoms. The Labute approximate surface area is 183 Å². The van der Waals surface area contributed by atoms with Gasteiger partial charge in [0, 0.05) is 0 Å². The Bertz CT molecular complexity index is 1300. The zero-order valence-electron chi connectivity index (χ0n) is 17.1. The molecule has 2 aliphatic rings. The minimum atomic E-state index is -3.92. The topological polar surface area (TPSA) is 0 Å². The van der Waals surface area contributed by atoms with Gasteiger partial charge in [-0.2, -0.15) is 0 Å². The van der Waals surface area contributed by atoms with E-state index in [1.54, 1.807) is 0 Å². The van der Waals surface area contributed by atoms with Gasteiger partial charge in [0.2, 0.25) is 0 Å². The van der Waals surface area contributed by atoms with E-state index in [2.05, 4.69) is 127 Å². The first-order chi connectivity index (χ1) is 15.4. The fourth-order valence-electron chi connectivity index (χ4n) is 6.43. The van der Waals surface area contributed by atoms with Gasteiger partial charge in [0.25, 0.3) is 0 Å². The SMILES string of the molecule is c1ccc([As]23(c4ccccc4-c4ccccc42)c2ccccc2-c2ccccc23)cc1. The Morgan fingerprint density at radius 3 is 0.935 bits per heavy atom. The van der Waals surface area contributed by atoms with Crippen LogP contribution >= 0.6 is 0 Å². The monoisotopic (exact) mass is 456 g/mol. The van der Waals surface area contributed by atoms with E-state index in [-0.39, 0.29) is 0 Å². The van der Waals surface area contributed by atoms with Gasteiger partial charge < -0.3 is 0 Å². The van der Waals surface area contributed by atoms with Gasteiger partial charge in [-0.25, -0.2) is 0 Å². The molecule has 31 heavy (non-hydrogen) atoms. The molecule has 0 atom stereocenters. The third-order valence-electron chi connectivity index (χ3n) is 7.40. The van der Waals surface area contributed by atoms with Crippen LogP contribution in [0.25, 0.3) is 22.3 Å². The van der Waals surface area contributed by atoms with E-state index in [9.17, 15) is 0 Å². The summed E-state index contributed by atoms with van der Waals surface area (Å²) in [7, 11) is 0. The van der Waals surface area contributed by atoms with E-state index < -0.39 is 12.5 Å². The molecule has 0 unspecified atom stereocenters. The predicted molar refractivity (Wildman–Crippen MR) is 134 cm³/mol. The molecule has 0 aromatic heterocycles. The van der Waals surface area contributed by atoms with Gasteiger partial charge >= 0.3 is 184 Å². The average molecular weight is 456 g/mol. The van der Waals surface area contributed by atoms with Gasteiger partial charge in [0.05, 0.1) is 0 Å². The molecule has 5 aromatic rings. The number of benzene rings is 5. The van der Waals surface area contributed by atoms with E-state index in [1.807, 2.05) is 0 Å². The van der Waals surface area contributed by atoms with Crippen molar-refractivity contribution >= 4 is 34.2 Å². The van der Waals surface area contributed by atoms with Crippen molar-refractivity contribution in [3.8, 4) is 22.3 Å². The standard InChI is InChI=1S/C30H21As/c1-2-12-22(13-3-1)31(27-18-8-4-14-23(27)24-15-5-9-19-28(24)31)29-20-10-6-16-25(29)26-17-7-11-21-30(26)31/h1-21H. The predicted octanol–water partition coefficient (Wildman–Crippen LogP) is 3.89. The van der Waals surface area contributed by atoms with Crippen LogP contribution in [0.2, 0.25) is 0 Å². The van der Waals surface area contributed by atoms with E-state index in [0.29, 0.717) is 0 Å².